The van der Waals surface area contributed by atoms with Crippen LogP contribution in [0.2, 0.25) is 0 Å². The van der Waals surface area contributed by atoms with Gasteiger partial charge in [0.25, 0.3) is 0 Å². The summed E-state index contributed by atoms with van der Waals surface area (Å²) < 4.78 is 9.49. The van der Waals surface area contributed by atoms with Gasteiger partial charge in [0.1, 0.15) is 11.7 Å². The van der Waals surface area contributed by atoms with Gasteiger partial charge in [-0.05, 0) is 27.7 Å². The fraction of sp³-hybridized carbons (Fsp3) is 0.636. The van der Waals surface area contributed by atoms with E-state index in [1.54, 1.807) is 20.8 Å². The molecule has 0 unspecified atom stereocenters. The second-order valence-electron chi connectivity index (χ2n) is 4.53. The van der Waals surface area contributed by atoms with Crippen LogP contribution in [0.15, 0.2) is 4.99 Å². The summed E-state index contributed by atoms with van der Waals surface area (Å²) in [6, 6.07) is 0. The van der Waals surface area contributed by atoms with Gasteiger partial charge in [-0.25, -0.2) is 9.59 Å². The molecule has 0 heterocycles. The summed E-state index contributed by atoms with van der Waals surface area (Å²) in [4.78, 5) is 36.2. The lowest BCUT2D eigenvalue weighted by molar-refractivity contribution is -0.143. The summed E-state index contributed by atoms with van der Waals surface area (Å²) in [5.41, 5.74) is -1.37. The maximum absolute atomic E-state index is 11.4. The van der Waals surface area contributed by atoms with Crippen LogP contribution in [-0.4, -0.2) is 40.6 Å². The van der Waals surface area contributed by atoms with Crippen LogP contribution >= 0.6 is 0 Å². The summed E-state index contributed by atoms with van der Waals surface area (Å²) in [5, 5.41) is 8.87. The highest BCUT2D eigenvalue weighted by atomic mass is 16.6. The second-order valence-corrected chi connectivity index (χ2v) is 4.53. The number of hydrogen-bond donors (Lipinski definition) is 1. The van der Waals surface area contributed by atoms with E-state index in [-0.39, 0.29) is 0 Å². The molecule has 0 radical (unpaired) electrons. The zero-order chi connectivity index (χ0) is 14.5. The molecule has 0 aliphatic rings. The van der Waals surface area contributed by atoms with Crippen molar-refractivity contribution in [1.82, 2.24) is 0 Å². The van der Waals surface area contributed by atoms with Crippen LogP contribution in [0.1, 0.15) is 34.6 Å². The zero-order valence-corrected chi connectivity index (χ0v) is 11.0. The quantitative estimate of drug-likeness (QED) is 0.607. The Labute approximate surface area is 105 Å². The van der Waals surface area contributed by atoms with Crippen molar-refractivity contribution in [3.63, 3.8) is 0 Å². The van der Waals surface area contributed by atoms with Crippen molar-refractivity contribution in [3.05, 3.63) is 0 Å². The van der Waals surface area contributed by atoms with Gasteiger partial charge in [-0.15, -0.1) is 0 Å². The Morgan fingerprint density at radius 3 is 2.06 bits per heavy atom. The van der Waals surface area contributed by atoms with Gasteiger partial charge in [0, 0.05) is 6.92 Å². The summed E-state index contributed by atoms with van der Waals surface area (Å²) in [6.07, 6.45) is -2.17. The lowest BCUT2D eigenvalue weighted by Gasteiger charge is -2.18. The molecule has 0 aromatic heterocycles. The highest BCUT2D eigenvalue weighted by molar-refractivity contribution is 6.39. The van der Waals surface area contributed by atoms with Crippen molar-refractivity contribution >= 4 is 23.7 Å². The number of rotatable bonds is 3. The summed E-state index contributed by atoms with van der Waals surface area (Å²) in [5.74, 6) is -2.12. The van der Waals surface area contributed by atoms with E-state index in [1.165, 1.54) is 6.92 Å². The third-order valence-electron chi connectivity index (χ3n) is 1.55. The first kappa shape index (κ1) is 16.1. The molecule has 0 spiro atoms. The highest BCUT2D eigenvalue weighted by Gasteiger charge is 2.24. The number of esters is 1. The Bertz CT molecular complexity index is 379. The summed E-state index contributed by atoms with van der Waals surface area (Å²) >= 11 is 0. The van der Waals surface area contributed by atoms with Crippen LogP contribution in [0.5, 0.6) is 0 Å². The van der Waals surface area contributed by atoms with Crippen LogP contribution in [0.3, 0.4) is 0 Å². The molecule has 102 valence electrons. The van der Waals surface area contributed by atoms with Crippen molar-refractivity contribution in [2.75, 3.05) is 0 Å². The zero-order valence-electron chi connectivity index (χ0n) is 11.0. The predicted octanol–water partition coefficient (Wildman–Crippen LogP) is 1.40. The average molecular weight is 259 g/mol. The average Bonchev–Trinajstić information content (AvgIpc) is 2.09. The molecule has 7 nitrogen and oxygen atoms in total. The smallest absolute Gasteiger partial charge is 0.434 e. The topological polar surface area (TPSA) is 102 Å². The largest absolute Gasteiger partial charge is 0.477 e. The molecule has 0 bridgehead atoms. The van der Waals surface area contributed by atoms with E-state index in [4.69, 9.17) is 9.84 Å². The lowest BCUT2D eigenvalue weighted by Crippen LogP contribution is -2.32. The highest BCUT2D eigenvalue weighted by Crippen LogP contribution is 2.09. The molecule has 18 heavy (non-hydrogen) atoms. The van der Waals surface area contributed by atoms with E-state index in [0.717, 1.165) is 6.92 Å². The molecule has 7 heteroatoms. The van der Waals surface area contributed by atoms with Crippen LogP contribution in [0.25, 0.3) is 0 Å². The standard InChI is InChI=1S/C11H17NO6/c1-6(17-7(2)13)8(9(14)15)12-10(16)18-11(3,4)5/h6H,1-5H3,(H,14,15)/t6-/m1/s1. The summed E-state index contributed by atoms with van der Waals surface area (Å²) in [7, 11) is 0. The van der Waals surface area contributed by atoms with Gasteiger partial charge in [0.05, 0.1) is 0 Å². The SMILES string of the molecule is CC(=O)O[C@H](C)C(=NC(=O)OC(C)(C)C)C(=O)O. The van der Waals surface area contributed by atoms with E-state index < -0.39 is 35.4 Å². The number of carboxylic acid groups (broad SMARTS) is 1. The van der Waals surface area contributed by atoms with Crippen LogP contribution in [-0.2, 0) is 19.1 Å². The molecular weight excluding hydrogens is 242 g/mol. The molecule has 0 saturated carbocycles. The van der Waals surface area contributed by atoms with Gasteiger partial charge < -0.3 is 14.6 Å². The number of ether oxygens (including phenoxy) is 2. The van der Waals surface area contributed by atoms with Crippen molar-refractivity contribution in [2.24, 2.45) is 4.99 Å². The Morgan fingerprint density at radius 1 is 1.22 bits per heavy atom. The Morgan fingerprint density at radius 2 is 1.72 bits per heavy atom. The molecule has 0 aromatic rings. The first-order valence-electron chi connectivity index (χ1n) is 5.25. The second kappa shape index (κ2) is 6.13. The van der Waals surface area contributed by atoms with E-state index in [2.05, 4.69) is 9.73 Å². The van der Waals surface area contributed by atoms with Crippen LogP contribution < -0.4 is 0 Å². The minimum atomic E-state index is -1.45. The van der Waals surface area contributed by atoms with E-state index in [1.807, 2.05) is 0 Å². The monoisotopic (exact) mass is 259 g/mol. The Hall–Kier alpha value is -1.92. The number of hydrogen-bond acceptors (Lipinski definition) is 5. The molecular formula is C11H17NO6. The fourth-order valence-electron chi connectivity index (χ4n) is 1.00. The molecule has 1 N–H and O–H groups in total. The molecule has 0 saturated heterocycles. The Balaban J connectivity index is 4.95. The lowest BCUT2D eigenvalue weighted by atomic mass is 10.2. The van der Waals surface area contributed by atoms with Crippen molar-refractivity contribution in [1.29, 1.82) is 0 Å². The first-order valence-corrected chi connectivity index (χ1v) is 5.25. The number of carbonyl (C=O) groups is 3. The molecule has 0 fully saturated rings. The minimum Gasteiger partial charge on any atom is -0.477 e. The van der Waals surface area contributed by atoms with E-state index in [0.29, 0.717) is 0 Å². The molecule has 0 aliphatic carbocycles. The minimum absolute atomic E-state index is 0.584. The molecule has 1 atom stereocenters. The van der Waals surface area contributed by atoms with Crippen LogP contribution in [0, 0.1) is 0 Å². The van der Waals surface area contributed by atoms with E-state index in [9.17, 15) is 14.4 Å². The van der Waals surface area contributed by atoms with Gasteiger partial charge in [-0.2, -0.15) is 4.99 Å². The van der Waals surface area contributed by atoms with Gasteiger partial charge in [-0.3, -0.25) is 4.79 Å². The first-order chi connectivity index (χ1) is 8.03. The van der Waals surface area contributed by atoms with Crippen molar-refractivity contribution in [2.45, 2.75) is 46.3 Å². The molecule has 0 aromatic carbocycles. The number of aliphatic carboxylic acids is 1. The van der Waals surface area contributed by atoms with E-state index >= 15 is 0 Å². The maximum atomic E-state index is 11.4. The maximum Gasteiger partial charge on any atom is 0.434 e. The number of carboxylic acids is 1. The number of aliphatic imine (C=N–C) groups is 1. The molecule has 0 rings (SSSR count). The van der Waals surface area contributed by atoms with Gasteiger partial charge in [-0.1, -0.05) is 0 Å². The molecule has 0 aliphatic heterocycles. The normalized spacial score (nSPS) is 13.7. The van der Waals surface area contributed by atoms with Crippen LogP contribution in [0.4, 0.5) is 4.79 Å². The fourth-order valence-corrected chi connectivity index (χ4v) is 1.00. The molecule has 1 amide bonds. The summed E-state index contributed by atoms with van der Waals surface area (Å²) in [6.45, 7) is 7.30. The number of nitrogens with zero attached hydrogens (tertiary/aromatic N) is 1. The third-order valence-corrected chi connectivity index (χ3v) is 1.55. The third kappa shape index (κ3) is 6.62. The number of carbonyl (C=O) groups excluding carboxylic acids is 2. The van der Waals surface area contributed by atoms with Gasteiger partial charge in [0.15, 0.2) is 5.71 Å². The van der Waals surface area contributed by atoms with Gasteiger partial charge >= 0.3 is 18.0 Å². The predicted molar refractivity (Wildman–Crippen MR) is 62.5 cm³/mol. The van der Waals surface area contributed by atoms with Crippen molar-refractivity contribution < 1.29 is 29.0 Å². The number of amides is 1. The van der Waals surface area contributed by atoms with Crippen molar-refractivity contribution in [3.8, 4) is 0 Å². The van der Waals surface area contributed by atoms with Gasteiger partial charge in [0.2, 0.25) is 0 Å². The Kier molecular flexibility index (Phi) is 5.48.